The van der Waals surface area contributed by atoms with Gasteiger partial charge in [-0.05, 0) is 80.6 Å². The number of ketones is 1. The Morgan fingerprint density at radius 3 is 2.07 bits per heavy atom. The average Bonchev–Trinajstić information content (AvgIpc) is 2.56. The van der Waals surface area contributed by atoms with Gasteiger partial charge < -0.3 is 4.74 Å². The maximum atomic E-state index is 12.4. The fourth-order valence-electron chi connectivity index (χ4n) is 2.79. The maximum absolute atomic E-state index is 12.4. The molecule has 0 fully saturated rings. The number of hydrogen-bond acceptors (Lipinski definition) is 5. The number of hydrogen-bond donors (Lipinski definition) is 1. The van der Waals surface area contributed by atoms with Gasteiger partial charge in [0.15, 0.2) is 6.61 Å². The largest absolute Gasteiger partial charge is 0.454 e. The van der Waals surface area contributed by atoms with E-state index in [9.17, 15) is 18.0 Å². The van der Waals surface area contributed by atoms with Crippen LogP contribution >= 0.6 is 0 Å². The summed E-state index contributed by atoms with van der Waals surface area (Å²) in [6.07, 6.45) is 0. The molecule has 0 heterocycles. The predicted octanol–water partition coefficient (Wildman–Crippen LogP) is 2.92. The van der Waals surface area contributed by atoms with Gasteiger partial charge in [-0.25, -0.2) is 18.4 Å². The van der Waals surface area contributed by atoms with Crippen molar-refractivity contribution in [2.45, 2.75) is 39.5 Å². The van der Waals surface area contributed by atoms with E-state index in [1.165, 1.54) is 12.1 Å². The first kappa shape index (κ1) is 20.8. The lowest BCUT2D eigenvalue weighted by Crippen LogP contribution is -2.18. The minimum Gasteiger partial charge on any atom is -0.454 e. The first-order valence-electron chi connectivity index (χ1n) is 8.34. The van der Waals surface area contributed by atoms with E-state index in [0.29, 0.717) is 16.7 Å². The third-order valence-electron chi connectivity index (χ3n) is 4.64. The van der Waals surface area contributed by atoms with E-state index < -0.39 is 22.6 Å². The maximum Gasteiger partial charge on any atom is 0.338 e. The Balaban J connectivity index is 2.23. The number of carbonyl (C=O) groups is 2. The van der Waals surface area contributed by atoms with Gasteiger partial charge in [0.25, 0.3) is 0 Å². The molecule has 144 valence electrons. The molecule has 0 spiro atoms. The lowest BCUT2D eigenvalue weighted by Gasteiger charge is -2.12. The molecule has 0 unspecified atom stereocenters. The first-order chi connectivity index (χ1) is 12.4. The van der Waals surface area contributed by atoms with E-state index in [0.717, 1.165) is 16.7 Å². The predicted molar refractivity (Wildman–Crippen MR) is 103 cm³/mol. The van der Waals surface area contributed by atoms with Crippen LogP contribution in [0.2, 0.25) is 0 Å². The highest BCUT2D eigenvalue weighted by Gasteiger charge is 2.19. The molecule has 0 amide bonds. The molecule has 0 aliphatic carbocycles. The van der Waals surface area contributed by atoms with Gasteiger partial charge in [0.2, 0.25) is 15.8 Å². The summed E-state index contributed by atoms with van der Waals surface area (Å²) in [6, 6.07) is 6.37. The summed E-state index contributed by atoms with van der Waals surface area (Å²) in [5.74, 6) is -1.10. The van der Waals surface area contributed by atoms with Crippen molar-refractivity contribution < 1.29 is 22.7 Å². The number of esters is 1. The van der Waals surface area contributed by atoms with Crippen molar-refractivity contribution in [3.63, 3.8) is 0 Å². The summed E-state index contributed by atoms with van der Waals surface area (Å²) in [6.45, 7) is 8.53. The van der Waals surface area contributed by atoms with Gasteiger partial charge >= 0.3 is 5.97 Å². The molecule has 0 saturated heterocycles. The molecule has 0 bridgehead atoms. The van der Waals surface area contributed by atoms with Crippen LogP contribution in [0.5, 0.6) is 0 Å². The van der Waals surface area contributed by atoms with Gasteiger partial charge in [-0.1, -0.05) is 6.07 Å². The molecule has 0 radical (unpaired) electrons. The van der Waals surface area contributed by atoms with Crippen LogP contribution in [0, 0.1) is 34.6 Å². The molecule has 0 aliphatic heterocycles. The fourth-order valence-corrected chi connectivity index (χ4v) is 3.67. The highest BCUT2D eigenvalue weighted by Crippen LogP contribution is 2.21. The summed E-state index contributed by atoms with van der Waals surface area (Å²) in [4.78, 5) is 24.6. The van der Waals surface area contributed by atoms with Crippen molar-refractivity contribution in [1.29, 1.82) is 0 Å². The summed E-state index contributed by atoms with van der Waals surface area (Å²) in [5, 5.41) is 5.20. The quantitative estimate of drug-likeness (QED) is 0.625. The van der Waals surface area contributed by atoms with Crippen LogP contribution in [0.15, 0.2) is 29.2 Å². The van der Waals surface area contributed by atoms with Crippen LogP contribution in [0.3, 0.4) is 0 Å². The standard InChI is InChI=1S/C20H23NO5S/c1-11-6-14(4)17(8-12(11)2)18(22)10-26-20(23)16-7-13(3)15(5)19(9-16)27(21,24)25/h6-9H,10H2,1-5H3,(H2,21,24,25). The van der Waals surface area contributed by atoms with Crippen LogP contribution in [0.25, 0.3) is 0 Å². The van der Waals surface area contributed by atoms with Crippen molar-refractivity contribution in [3.8, 4) is 0 Å². The summed E-state index contributed by atoms with van der Waals surface area (Å²) < 4.78 is 28.5. The number of benzene rings is 2. The molecule has 0 saturated carbocycles. The zero-order chi connectivity index (χ0) is 20.5. The Morgan fingerprint density at radius 1 is 0.889 bits per heavy atom. The second-order valence-corrected chi connectivity index (χ2v) is 8.24. The zero-order valence-corrected chi connectivity index (χ0v) is 16.9. The highest BCUT2D eigenvalue weighted by molar-refractivity contribution is 7.89. The molecule has 27 heavy (non-hydrogen) atoms. The van der Waals surface area contributed by atoms with Crippen LogP contribution in [0.1, 0.15) is 48.5 Å². The molecule has 7 heteroatoms. The van der Waals surface area contributed by atoms with E-state index in [1.807, 2.05) is 26.8 Å². The van der Waals surface area contributed by atoms with Gasteiger partial charge in [0.1, 0.15) is 0 Å². The van der Waals surface area contributed by atoms with Crippen molar-refractivity contribution >= 4 is 21.8 Å². The third kappa shape index (κ3) is 4.61. The first-order valence-corrected chi connectivity index (χ1v) is 9.88. The minimum atomic E-state index is -3.98. The summed E-state index contributed by atoms with van der Waals surface area (Å²) in [5.41, 5.74) is 4.44. The Labute approximate surface area is 159 Å². The van der Waals surface area contributed by atoms with Crippen LogP contribution in [-0.4, -0.2) is 26.8 Å². The van der Waals surface area contributed by atoms with Crippen LogP contribution in [-0.2, 0) is 14.8 Å². The number of carbonyl (C=O) groups excluding carboxylic acids is 2. The molecule has 2 N–H and O–H groups in total. The summed E-state index contributed by atoms with van der Waals surface area (Å²) in [7, 11) is -3.98. The van der Waals surface area contributed by atoms with E-state index in [2.05, 4.69) is 0 Å². The average molecular weight is 389 g/mol. The van der Waals surface area contributed by atoms with Gasteiger partial charge in [-0.3, -0.25) is 4.79 Å². The third-order valence-corrected chi connectivity index (χ3v) is 5.67. The normalized spacial score (nSPS) is 11.3. The van der Waals surface area contributed by atoms with Gasteiger partial charge in [0, 0.05) is 5.56 Å². The number of ether oxygens (including phenoxy) is 1. The van der Waals surface area contributed by atoms with E-state index in [4.69, 9.17) is 9.88 Å². The number of aryl methyl sites for hydroxylation is 4. The molecule has 2 rings (SSSR count). The van der Waals surface area contributed by atoms with Crippen molar-refractivity contribution in [2.75, 3.05) is 6.61 Å². The SMILES string of the molecule is Cc1cc(C)c(C(=O)COC(=O)c2cc(C)c(C)c(S(N)(=O)=O)c2)cc1C. The molecule has 0 aliphatic rings. The van der Waals surface area contributed by atoms with E-state index >= 15 is 0 Å². The van der Waals surface area contributed by atoms with Gasteiger partial charge in [-0.2, -0.15) is 0 Å². The smallest absolute Gasteiger partial charge is 0.338 e. The second kappa shape index (κ2) is 7.62. The lowest BCUT2D eigenvalue weighted by atomic mass is 9.98. The Bertz CT molecular complexity index is 1040. The van der Waals surface area contributed by atoms with Crippen molar-refractivity contribution in [2.24, 2.45) is 5.14 Å². The van der Waals surface area contributed by atoms with E-state index in [1.54, 1.807) is 19.9 Å². The van der Waals surface area contributed by atoms with Crippen LogP contribution < -0.4 is 5.14 Å². The molecule has 2 aromatic carbocycles. The van der Waals surface area contributed by atoms with Crippen molar-refractivity contribution in [1.82, 2.24) is 0 Å². The number of rotatable bonds is 5. The monoisotopic (exact) mass is 389 g/mol. The molecule has 6 nitrogen and oxygen atoms in total. The van der Waals surface area contributed by atoms with Crippen LogP contribution in [0.4, 0.5) is 0 Å². The zero-order valence-electron chi connectivity index (χ0n) is 16.0. The Kier molecular flexibility index (Phi) is 5.87. The molecular weight excluding hydrogens is 366 g/mol. The van der Waals surface area contributed by atoms with Gasteiger partial charge in [-0.15, -0.1) is 0 Å². The molecular formula is C20H23NO5S. The molecule has 0 atom stereocenters. The highest BCUT2D eigenvalue weighted by atomic mass is 32.2. The van der Waals surface area contributed by atoms with E-state index in [-0.39, 0.29) is 16.2 Å². The molecule has 0 aromatic heterocycles. The fraction of sp³-hybridized carbons (Fsp3) is 0.300. The van der Waals surface area contributed by atoms with Crippen molar-refractivity contribution in [3.05, 3.63) is 63.2 Å². The summed E-state index contributed by atoms with van der Waals surface area (Å²) >= 11 is 0. The second-order valence-electron chi connectivity index (χ2n) is 6.71. The topological polar surface area (TPSA) is 104 Å². The minimum absolute atomic E-state index is 0.0340. The Morgan fingerprint density at radius 2 is 1.48 bits per heavy atom. The number of Topliss-reactive ketones (excluding diaryl/α,β-unsaturated/α-hetero) is 1. The molecule has 2 aromatic rings. The lowest BCUT2D eigenvalue weighted by molar-refractivity contribution is 0.0474. The number of sulfonamides is 1. The Hall–Kier alpha value is -2.51. The van der Waals surface area contributed by atoms with Gasteiger partial charge in [0.05, 0.1) is 10.5 Å². The number of primary sulfonamides is 1. The number of nitrogens with two attached hydrogens (primary N) is 1.